The maximum absolute atomic E-state index is 14.2. The van der Waals surface area contributed by atoms with Gasteiger partial charge in [-0.15, -0.1) is 0 Å². The molecule has 0 unspecified atom stereocenters. The molecule has 0 aliphatic carbocycles. The fourth-order valence-corrected chi connectivity index (χ4v) is 1.95. The monoisotopic (exact) mass is 282 g/mol. The third-order valence-corrected chi connectivity index (χ3v) is 4.02. The molecule has 1 heterocycles. The summed E-state index contributed by atoms with van der Waals surface area (Å²) in [5, 5.41) is 0.495. The van der Waals surface area contributed by atoms with E-state index in [0.717, 1.165) is 0 Å². The summed E-state index contributed by atoms with van der Waals surface area (Å²) in [6.07, 6.45) is 1.35. The molecule has 0 atom stereocenters. The van der Waals surface area contributed by atoms with Gasteiger partial charge in [-0.3, -0.25) is 0 Å². The first-order chi connectivity index (χ1) is 8.73. The van der Waals surface area contributed by atoms with Crippen molar-refractivity contribution < 1.29 is 13.7 Å². The predicted molar refractivity (Wildman–Crippen MR) is 76.6 cm³/mol. The Morgan fingerprint density at radius 2 is 1.68 bits per heavy atom. The molecule has 19 heavy (non-hydrogen) atoms. The van der Waals surface area contributed by atoms with Gasteiger partial charge in [0.15, 0.2) is 0 Å². The van der Waals surface area contributed by atoms with Gasteiger partial charge in [0, 0.05) is 5.02 Å². The Morgan fingerprint density at radius 1 is 1.16 bits per heavy atom. The second-order valence-corrected chi connectivity index (χ2v) is 6.05. The Hall–Kier alpha value is -0.835. The maximum Gasteiger partial charge on any atom is 0.525 e. The molecule has 0 saturated carbocycles. The molecule has 0 bridgehead atoms. The van der Waals surface area contributed by atoms with Gasteiger partial charge in [0.2, 0.25) is 0 Å². The van der Waals surface area contributed by atoms with Gasteiger partial charge in [0.25, 0.3) is 0 Å². The first-order valence-corrected chi connectivity index (χ1v) is 6.58. The number of hydrogen-bond donors (Lipinski definition) is 0. The molecule has 1 aromatic rings. The quantitative estimate of drug-likeness (QED) is 0.754. The van der Waals surface area contributed by atoms with Gasteiger partial charge in [-0.05, 0) is 45.4 Å². The molecule has 2 nitrogen and oxygen atoms in total. The van der Waals surface area contributed by atoms with E-state index in [1.54, 1.807) is 24.3 Å². The van der Waals surface area contributed by atoms with E-state index < -0.39 is 24.0 Å². The number of halogens is 2. The Balaban J connectivity index is 2.23. The number of hydrogen-bond acceptors (Lipinski definition) is 2. The molecule has 1 aromatic carbocycles. The molecule has 1 aliphatic rings. The summed E-state index contributed by atoms with van der Waals surface area (Å²) in [6.45, 7) is 7.54. The van der Waals surface area contributed by atoms with Crippen molar-refractivity contribution in [3.63, 3.8) is 0 Å². The normalized spacial score (nSPS) is 21.8. The molecule has 1 aliphatic heterocycles. The van der Waals surface area contributed by atoms with E-state index in [2.05, 4.69) is 0 Å². The van der Waals surface area contributed by atoms with Gasteiger partial charge >= 0.3 is 7.12 Å². The van der Waals surface area contributed by atoms with Crippen molar-refractivity contribution in [2.75, 3.05) is 0 Å². The lowest BCUT2D eigenvalue weighted by Gasteiger charge is -2.32. The second kappa shape index (κ2) is 4.93. The van der Waals surface area contributed by atoms with E-state index >= 15 is 0 Å². The first kappa shape index (κ1) is 14.6. The van der Waals surface area contributed by atoms with E-state index in [-0.39, 0.29) is 0 Å². The summed E-state index contributed by atoms with van der Waals surface area (Å²) in [7, 11) is -0.985. The van der Waals surface area contributed by atoms with Gasteiger partial charge in [0.05, 0.1) is 11.2 Å². The van der Waals surface area contributed by atoms with Crippen LogP contribution in [0.25, 0.3) is 6.08 Å². The molecule has 1 fully saturated rings. The van der Waals surface area contributed by atoms with Gasteiger partial charge in [-0.1, -0.05) is 29.8 Å². The van der Waals surface area contributed by atoms with E-state index in [0.29, 0.717) is 10.6 Å². The van der Waals surface area contributed by atoms with Crippen LogP contribution in [-0.2, 0) is 9.31 Å². The maximum atomic E-state index is 14.2. The molecule has 102 valence electrons. The fourth-order valence-electron chi connectivity index (χ4n) is 1.76. The third-order valence-electron chi connectivity index (χ3n) is 3.68. The highest BCUT2D eigenvalue weighted by molar-refractivity contribution is 6.54. The minimum absolute atomic E-state index is 0.480. The highest BCUT2D eigenvalue weighted by Crippen LogP contribution is 2.39. The molecule has 1 saturated heterocycles. The second-order valence-electron chi connectivity index (χ2n) is 5.64. The Kier molecular flexibility index (Phi) is 3.78. The van der Waals surface area contributed by atoms with Gasteiger partial charge in [-0.2, -0.15) is 0 Å². The summed E-state index contributed by atoms with van der Waals surface area (Å²) in [5.41, 5.74) is -0.977. The van der Waals surface area contributed by atoms with E-state index in [1.165, 1.54) is 6.08 Å². The minimum atomic E-state index is -0.985. The molecule has 0 amide bonds. The van der Waals surface area contributed by atoms with Crippen LogP contribution in [0, 0.1) is 0 Å². The van der Waals surface area contributed by atoms with Crippen LogP contribution in [0.5, 0.6) is 0 Å². The first-order valence-electron chi connectivity index (χ1n) is 6.20. The van der Waals surface area contributed by atoms with Crippen molar-refractivity contribution in [3.8, 4) is 0 Å². The van der Waals surface area contributed by atoms with Crippen LogP contribution in [0.1, 0.15) is 33.3 Å². The predicted octanol–water partition coefficient (Wildman–Crippen LogP) is 4.28. The van der Waals surface area contributed by atoms with Crippen LogP contribution >= 0.6 is 11.6 Å². The van der Waals surface area contributed by atoms with Crippen LogP contribution < -0.4 is 0 Å². The van der Waals surface area contributed by atoms with Crippen molar-refractivity contribution in [2.45, 2.75) is 38.9 Å². The van der Waals surface area contributed by atoms with Crippen LogP contribution in [0.4, 0.5) is 4.39 Å². The molecular weight excluding hydrogens is 265 g/mol. The molecular formula is C14H17BClFO2. The highest BCUT2D eigenvalue weighted by atomic mass is 35.5. The van der Waals surface area contributed by atoms with Crippen LogP contribution in [-0.4, -0.2) is 18.3 Å². The Labute approximate surface area is 118 Å². The van der Waals surface area contributed by atoms with Crippen LogP contribution in [0.3, 0.4) is 0 Å². The largest absolute Gasteiger partial charge is 0.525 e. The third kappa shape index (κ3) is 2.86. The van der Waals surface area contributed by atoms with Crippen molar-refractivity contribution in [3.05, 3.63) is 40.6 Å². The summed E-state index contributed by atoms with van der Waals surface area (Å²) >= 11 is 5.99. The minimum Gasteiger partial charge on any atom is -0.398 e. The van der Waals surface area contributed by atoms with Gasteiger partial charge in [0.1, 0.15) is 5.73 Å². The van der Waals surface area contributed by atoms with Gasteiger partial charge < -0.3 is 9.31 Å². The number of benzene rings is 1. The van der Waals surface area contributed by atoms with E-state index in [9.17, 15) is 4.39 Å². The lowest BCUT2D eigenvalue weighted by Crippen LogP contribution is -2.41. The number of rotatable bonds is 2. The fraction of sp³-hybridized carbons (Fsp3) is 0.429. The standard InChI is InChI=1S/C14H17BClFO2/c1-13(2)14(3,4)19-15(18-13)12(17)9-10-7-5-6-8-11(10)16/h5-9H,1-4H3. The lowest BCUT2D eigenvalue weighted by molar-refractivity contribution is 0.00578. The zero-order chi connectivity index (χ0) is 14.3. The Bertz CT molecular complexity index is 498. The zero-order valence-electron chi connectivity index (χ0n) is 11.5. The average Bonchev–Trinajstić information content (AvgIpc) is 2.51. The summed E-state index contributed by atoms with van der Waals surface area (Å²) in [4.78, 5) is 0. The molecule has 0 spiro atoms. The SMILES string of the molecule is CC1(C)OB(C(F)=Cc2ccccc2Cl)OC1(C)C. The topological polar surface area (TPSA) is 18.5 Å². The highest BCUT2D eigenvalue weighted by Gasteiger charge is 2.53. The van der Waals surface area contributed by atoms with E-state index in [1.807, 2.05) is 27.7 Å². The van der Waals surface area contributed by atoms with Crippen molar-refractivity contribution in [2.24, 2.45) is 0 Å². The van der Waals surface area contributed by atoms with Crippen molar-refractivity contribution in [1.82, 2.24) is 0 Å². The Morgan fingerprint density at radius 3 is 2.21 bits per heavy atom. The molecule has 0 radical (unpaired) electrons. The van der Waals surface area contributed by atoms with E-state index in [4.69, 9.17) is 20.9 Å². The lowest BCUT2D eigenvalue weighted by atomic mass is 9.87. The summed E-state index contributed by atoms with van der Waals surface area (Å²) in [6, 6.07) is 7.06. The van der Waals surface area contributed by atoms with Crippen molar-refractivity contribution >= 4 is 24.8 Å². The van der Waals surface area contributed by atoms with Gasteiger partial charge in [-0.25, -0.2) is 4.39 Å². The smallest absolute Gasteiger partial charge is 0.398 e. The molecule has 0 aromatic heterocycles. The average molecular weight is 283 g/mol. The molecule has 0 N–H and O–H groups in total. The van der Waals surface area contributed by atoms with Crippen molar-refractivity contribution in [1.29, 1.82) is 0 Å². The molecule has 2 rings (SSSR count). The summed E-state index contributed by atoms with van der Waals surface area (Å²) in [5.74, 6) is 0. The van der Waals surface area contributed by atoms with Crippen LogP contribution in [0.15, 0.2) is 30.0 Å². The summed E-state index contributed by atoms with van der Waals surface area (Å²) < 4.78 is 25.5. The zero-order valence-corrected chi connectivity index (χ0v) is 12.3. The molecule has 5 heteroatoms. The van der Waals surface area contributed by atoms with Crippen LogP contribution in [0.2, 0.25) is 5.02 Å².